The lowest BCUT2D eigenvalue weighted by molar-refractivity contribution is 0.0592. The van der Waals surface area contributed by atoms with E-state index < -0.39 is 23.0 Å². The maximum Gasteiger partial charge on any atom is 0.337 e. The summed E-state index contributed by atoms with van der Waals surface area (Å²) < 4.78 is 34.7. The van der Waals surface area contributed by atoms with Gasteiger partial charge in [0.05, 0.1) is 25.3 Å². The molecule has 0 aliphatic rings. The van der Waals surface area contributed by atoms with Crippen LogP contribution in [-0.4, -0.2) is 34.9 Å². The first kappa shape index (κ1) is 25.0. The molecule has 36 heavy (non-hydrogen) atoms. The molecule has 0 saturated carbocycles. The predicted octanol–water partition coefficient (Wildman–Crippen LogP) is 5.81. The lowest BCUT2D eigenvalue weighted by Gasteiger charge is -2.20. The molecule has 0 heterocycles. The van der Waals surface area contributed by atoms with Crippen molar-refractivity contribution in [3.63, 3.8) is 0 Å². The number of hydrogen-bond donors (Lipinski definition) is 0. The Bertz CT molecular complexity index is 1440. The first-order valence-electron chi connectivity index (χ1n) is 11.0. The maximum atomic E-state index is 12.6. The third-order valence-corrected chi connectivity index (χ3v) is 6.65. The van der Waals surface area contributed by atoms with Gasteiger partial charge in [-0.15, -0.1) is 0 Å². The van der Waals surface area contributed by atoms with Crippen molar-refractivity contribution >= 4 is 23.0 Å². The largest absolute Gasteiger partial charge is 0.768 e. The molecule has 0 aliphatic carbocycles. The number of ether oxygens (including phenoxy) is 2. The van der Waals surface area contributed by atoms with Crippen molar-refractivity contribution in [1.82, 2.24) is 0 Å². The topological polar surface area (TPSA) is 92.7 Å². The molecule has 4 aromatic carbocycles. The van der Waals surface area contributed by atoms with Crippen molar-refractivity contribution in [2.24, 2.45) is 0 Å². The first-order valence-corrected chi connectivity index (χ1v) is 12.1. The molecule has 0 bridgehead atoms. The molecular weight excluding hydrogens is 476 g/mol. The van der Waals surface area contributed by atoms with Crippen LogP contribution in [0.2, 0.25) is 0 Å². The number of hydrogen-bond acceptors (Lipinski definition) is 6. The van der Waals surface area contributed by atoms with Crippen LogP contribution < -0.4 is 0 Å². The maximum absolute atomic E-state index is 12.6. The Morgan fingerprint density at radius 1 is 0.639 bits per heavy atom. The highest BCUT2D eigenvalue weighted by Gasteiger charge is 2.17. The second-order valence-electron chi connectivity index (χ2n) is 8.14. The number of carbonyl (C=O) groups excluding carboxylic acids is 2. The Morgan fingerprint density at radius 2 is 1.03 bits per heavy atom. The van der Waals surface area contributed by atoms with Gasteiger partial charge in [0.2, 0.25) is 0 Å². The van der Waals surface area contributed by atoms with Gasteiger partial charge < -0.3 is 14.0 Å². The smallest absolute Gasteiger partial charge is 0.337 e. The minimum atomic E-state index is -2.55. The molecule has 0 N–H and O–H groups in total. The fraction of sp³-hybridized carbons (Fsp3) is 0.103. The fourth-order valence-electron chi connectivity index (χ4n) is 3.96. The summed E-state index contributed by atoms with van der Waals surface area (Å²) in [6.45, 7) is 1.96. The van der Waals surface area contributed by atoms with Crippen LogP contribution in [0.3, 0.4) is 0 Å². The highest BCUT2D eigenvalue weighted by molar-refractivity contribution is 7.79. The summed E-state index contributed by atoms with van der Waals surface area (Å²) in [6.07, 6.45) is 0. The van der Waals surface area contributed by atoms with Gasteiger partial charge in [0, 0.05) is 4.90 Å². The second-order valence-corrected chi connectivity index (χ2v) is 9.02. The highest BCUT2D eigenvalue weighted by atomic mass is 32.2. The number of benzene rings is 4. The first-order chi connectivity index (χ1) is 17.3. The standard InChI is InChI=1S/C29H24O6S/c1-18-4-6-20(7-5-18)25-16-24(19-8-12-22(13-9-19)28(30)34-2)17-26(27(25)36(32)33)21-10-14-23(15-11-21)29(31)35-3/h4-17H,1-3H3,(H,32,33)/p-1. The van der Waals surface area contributed by atoms with Gasteiger partial charge in [-0.1, -0.05) is 54.1 Å². The zero-order valence-corrected chi connectivity index (χ0v) is 20.8. The van der Waals surface area contributed by atoms with Gasteiger partial charge >= 0.3 is 11.9 Å². The summed E-state index contributed by atoms with van der Waals surface area (Å²) in [7, 11) is 2.63. The van der Waals surface area contributed by atoms with Crippen LogP contribution >= 0.6 is 0 Å². The van der Waals surface area contributed by atoms with Crippen LogP contribution in [0.1, 0.15) is 26.3 Å². The molecule has 0 spiro atoms. The number of esters is 2. The van der Waals surface area contributed by atoms with Crippen molar-refractivity contribution in [2.75, 3.05) is 14.2 Å². The summed E-state index contributed by atoms with van der Waals surface area (Å²) in [5.74, 6) is -0.917. The van der Waals surface area contributed by atoms with Crippen molar-refractivity contribution in [2.45, 2.75) is 11.8 Å². The zero-order valence-electron chi connectivity index (χ0n) is 19.9. The van der Waals surface area contributed by atoms with Gasteiger partial charge in [-0.25, -0.2) is 9.59 Å². The van der Waals surface area contributed by atoms with Gasteiger partial charge in [0.25, 0.3) is 0 Å². The van der Waals surface area contributed by atoms with Crippen molar-refractivity contribution in [3.8, 4) is 33.4 Å². The van der Waals surface area contributed by atoms with Gasteiger partial charge in [-0.3, -0.25) is 4.21 Å². The number of aryl methyl sites for hydroxylation is 1. The molecule has 182 valence electrons. The van der Waals surface area contributed by atoms with E-state index in [0.717, 1.165) is 22.3 Å². The fourth-order valence-corrected chi connectivity index (χ4v) is 4.67. The zero-order chi connectivity index (χ0) is 25.8. The van der Waals surface area contributed by atoms with E-state index >= 15 is 0 Å². The van der Waals surface area contributed by atoms with E-state index in [0.29, 0.717) is 27.8 Å². The lowest BCUT2D eigenvalue weighted by Crippen LogP contribution is -2.02. The van der Waals surface area contributed by atoms with Gasteiger partial charge in [0.15, 0.2) is 0 Å². The summed E-state index contributed by atoms with van der Waals surface area (Å²) in [6, 6.07) is 24.7. The molecule has 1 unspecified atom stereocenters. The molecule has 0 amide bonds. The Kier molecular flexibility index (Phi) is 7.43. The summed E-state index contributed by atoms with van der Waals surface area (Å²) in [5, 5.41) is 0. The normalized spacial score (nSPS) is 11.6. The molecule has 4 aromatic rings. The minimum absolute atomic E-state index is 0.152. The highest BCUT2D eigenvalue weighted by Crippen LogP contribution is 2.39. The van der Waals surface area contributed by atoms with E-state index in [1.54, 1.807) is 54.6 Å². The van der Waals surface area contributed by atoms with E-state index in [2.05, 4.69) is 0 Å². The molecular formula is C29H23O6S-. The third kappa shape index (κ3) is 5.12. The van der Waals surface area contributed by atoms with Crippen molar-refractivity contribution < 1.29 is 27.8 Å². The Morgan fingerprint density at radius 3 is 1.42 bits per heavy atom. The quantitative estimate of drug-likeness (QED) is 0.246. The average molecular weight is 500 g/mol. The van der Waals surface area contributed by atoms with Gasteiger partial charge in [0.1, 0.15) is 0 Å². The molecule has 7 heteroatoms. The molecule has 1 atom stereocenters. The van der Waals surface area contributed by atoms with Gasteiger partial charge in [-0.2, -0.15) is 0 Å². The average Bonchev–Trinajstić information content (AvgIpc) is 2.92. The number of methoxy groups -OCH3 is 2. The Labute approximate surface area is 211 Å². The molecule has 0 fully saturated rings. The SMILES string of the molecule is COC(=O)c1ccc(-c2cc(-c3ccc(C)cc3)c(S(=O)[O-])c(-c3ccc(C(=O)OC)cc3)c2)cc1. The molecule has 0 aliphatic heterocycles. The lowest BCUT2D eigenvalue weighted by atomic mass is 9.92. The Hall–Kier alpha value is -4.07. The minimum Gasteiger partial charge on any atom is -0.768 e. The summed E-state index contributed by atoms with van der Waals surface area (Å²) >= 11 is -2.55. The van der Waals surface area contributed by atoms with Crippen LogP contribution in [0, 0.1) is 6.92 Å². The van der Waals surface area contributed by atoms with Crippen LogP contribution in [-0.2, 0) is 20.6 Å². The second kappa shape index (κ2) is 10.7. The Balaban J connectivity index is 1.95. The van der Waals surface area contributed by atoms with E-state index in [-0.39, 0.29) is 4.90 Å². The third-order valence-electron chi connectivity index (χ3n) is 5.87. The van der Waals surface area contributed by atoms with Crippen LogP contribution in [0.4, 0.5) is 0 Å². The molecule has 4 rings (SSSR count). The molecule has 0 saturated heterocycles. The summed E-state index contributed by atoms with van der Waals surface area (Å²) in [4.78, 5) is 23.9. The van der Waals surface area contributed by atoms with Crippen LogP contribution in [0.15, 0.2) is 89.8 Å². The van der Waals surface area contributed by atoms with Crippen molar-refractivity contribution in [1.29, 1.82) is 0 Å². The molecule has 0 radical (unpaired) electrons. The van der Waals surface area contributed by atoms with E-state index in [1.165, 1.54) is 14.2 Å². The van der Waals surface area contributed by atoms with Crippen LogP contribution in [0.25, 0.3) is 33.4 Å². The monoisotopic (exact) mass is 499 g/mol. The van der Waals surface area contributed by atoms with Crippen LogP contribution in [0.5, 0.6) is 0 Å². The summed E-state index contributed by atoms with van der Waals surface area (Å²) in [5.41, 5.74) is 5.81. The van der Waals surface area contributed by atoms with E-state index in [1.807, 2.05) is 37.3 Å². The van der Waals surface area contributed by atoms with Gasteiger partial charge in [-0.05, 0) is 87.8 Å². The van der Waals surface area contributed by atoms with E-state index in [9.17, 15) is 18.4 Å². The van der Waals surface area contributed by atoms with E-state index in [4.69, 9.17) is 9.47 Å². The van der Waals surface area contributed by atoms with Crippen molar-refractivity contribution in [3.05, 3.63) is 102 Å². The molecule has 0 aromatic heterocycles. The number of rotatable bonds is 6. The predicted molar refractivity (Wildman–Crippen MR) is 137 cm³/mol. The molecule has 6 nitrogen and oxygen atoms in total. The number of carbonyl (C=O) groups is 2.